The maximum Gasteiger partial charge on any atom is 0.242 e. The highest BCUT2D eigenvalue weighted by molar-refractivity contribution is 7.99. The molecule has 0 aliphatic rings. The molecule has 0 aliphatic heterocycles. The standard InChI is InChI=1S/C25H34N2O3S/c1-5-14-26-25(29)23(6-2)27(16-21-9-7-8-19(3)15-21)24(28)18-31-17-20-10-12-22(30-4)13-11-20/h7-13,15,23H,5-6,14,16-18H2,1-4H3,(H,26,29)/t23-/m1/s1. The van der Waals surface area contributed by atoms with Crippen molar-refractivity contribution in [3.63, 3.8) is 0 Å². The highest BCUT2D eigenvalue weighted by Gasteiger charge is 2.28. The van der Waals surface area contributed by atoms with E-state index in [-0.39, 0.29) is 11.8 Å². The van der Waals surface area contributed by atoms with Crippen LogP contribution in [0.1, 0.15) is 43.4 Å². The molecule has 0 heterocycles. The van der Waals surface area contributed by atoms with Crippen LogP contribution in [-0.4, -0.2) is 42.2 Å². The van der Waals surface area contributed by atoms with Crippen molar-refractivity contribution in [2.24, 2.45) is 0 Å². The van der Waals surface area contributed by atoms with Crippen LogP contribution >= 0.6 is 11.8 Å². The molecule has 0 aliphatic carbocycles. The summed E-state index contributed by atoms with van der Waals surface area (Å²) in [6.07, 6.45) is 1.45. The van der Waals surface area contributed by atoms with Gasteiger partial charge >= 0.3 is 0 Å². The molecule has 0 aromatic heterocycles. The number of aryl methyl sites for hydroxylation is 1. The summed E-state index contributed by atoms with van der Waals surface area (Å²) in [6, 6.07) is 15.5. The van der Waals surface area contributed by atoms with Crippen LogP contribution in [0.2, 0.25) is 0 Å². The van der Waals surface area contributed by atoms with Gasteiger partial charge in [0.25, 0.3) is 0 Å². The van der Waals surface area contributed by atoms with Crippen molar-refractivity contribution in [1.82, 2.24) is 10.2 Å². The predicted molar refractivity (Wildman–Crippen MR) is 128 cm³/mol. The first-order valence-electron chi connectivity index (χ1n) is 10.8. The summed E-state index contributed by atoms with van der Waals surface area (Å²) >= 11 is 1.56. The van der Waals surface area contributed by atoms with Crippen LogP contribution < -0.4 is 10.1 Å². The minimum atomic E-state index is -0.471. The van der Waals surface area contributed by atoms with Gasteiger partial charge in [0.1, 0.15) is 11.8 Å². The summed E-state index contributed by atoms with van der Waals surface area (Å²) in [5.74, 6) is 1.78. The average Bonchev–Trinajstić information content (AvgIpc) is 2.78. The van der Waals surface area contributed by atoms with Gasteiger partial charge in [-0.2, -0.15) is 0 Å². The molecule has 1 atom stereocenters. The predicted octanol–water partition coefficient (Wildman–Crippen LogP) is 4.57. The molecule has 0 fully saturated rings. The molecule has 5 nitrogen and oxygen atoms in total. The van der Waals surface area contributed by atoms with Gasteiger partial charge in [-0.1, -0.05) is 55.8 Å². The summed E-state index contributed by atoms with van der Waals surface area (Å²) in [5.41, 5.74) is 3.31. The molecule has 0 saturated heterocycles. The third-order valence-electron chi connectivity index (χ3n) is 5.02. The molecule has 0 bridgehead atoms. The van der Waals surface area contributed by atoms with Crippen molar-refractivity contribution in [2.75, 3.05) is 19.4 Å². The van der Waals surface area contributed by atoms with E-state index in [4.69, 9.17) is 4.74 Å². The first kappa shape index (κ1) is 24.8. The number of carbonyl (C=O) groups is 2. The number of benzene rings is 2. The largest absolute Gasteiger partial charge is 0.497 e. The molecule has 2 aromatic rings. The van der Waals surface area contributed by atoms with Crippen molar-refractivity contribution >= 4 is 23.6 Å². The molecule has 0 spiro atoms. The van der Waals surface area contributed by atoms with Crippen LogP contribution in [0.5, 0.6) is 5.75 Å². The Morgan fingerprint density at radius 2 is 1.84 bits per heavy atom. The number of hydrogen-bond donors (Lipinski definition) is 1. The van der Waals surface area contributed by atoms with Crippen molar-refractivity contribution in [2.45, 2.75) is 52.0 Å². The Bertz CT molecular complexity index is 839. The van der Waals surface area contributed by atoms with Crippen molar-refractivity contribution in [3.05, 3.63) is 65.2 Å². The second kappa shape index (κ2) is 13.1. The van der Waals surface area contributed by atoms with Crippen molar-refractivity contribution in [1.29, 1.82) is 0 Å². The van der Waals surface area contributed by atoms with E-state index in [1.54, 1.807) is 23.8 Å². The molecule has 2 rings (SSSR count). The van der Waals surface area contributed by atoms with E-state index in [0.717, 1.165) is 34.6 Å². The lowest BCUT2D eigenvalue weighted by Gasteiger charge is -2.30. The van der Waals surface area contributed by atoms with Gasteiger partial charge in [0.15, 0.2) is 0 Å². The molecule has 31 heavy (non-hydrogen) atoms. The number of carbonyl (C=O) groups excluding carboxylic acids is 2. The number of thioether (sulfide) groups is 1. The maximum atomic E-state index is 13.2. The molecule has 0 radical (unpaired) electrons. The SMILES string of the molecule is CCCNC(=O)[C@@H](CC)N(Cc1cccc(C)c1)C(=O)CSCc1ccc(OC)cc1. The van der Waals surface area contributed by atoms with E-state index in [1.807, 2.05) is 63.2 Å². The van der Waals surface area contributed by atoms with Crippen LogP contribution in [-0.2, 0) is 21.9 Å². The topological polar surface area (TPSA) is 58.6 Å². The number of nitrogens with zero attached hydrogens (tertiary/aromatic N) is 1. The first-order valence-corrected chi connectivity index (χ1v) is 12.0. The number of rotatable bonds is 12. The molecule has 168 valence electrons. The Morgan fingerprint density at radius 3 is 2.45 bits per heavy atom. The van der Waals surface area contributed by atoms with Gasteiger partial charge < -0.3 is 15.0 Å². The summed E-state index contributed by atoms with van der Waals surface area (Å²) < 4.78 is 5.19. The van der Waals surface area contributed by atoms with Crippen molar-refractivity contribution < 1.29 is 14.3 Å². The van der Waals surface area contributed by atoms with Gasteiger partial charge in [-0.3, -0.25) is 9.59 Å². The van der Waals surface area contributed by atoms with E-state index in [9.17, 15) is 9.59 Å². The van der Waals surface area contributed by atoms with E-state index in [1.165, 1.54) is 0 Å². The first-order chi connectivity index (χ1) is 15.0. The highest BCUT2D eigenvalue weighted by Crippen LogP contribution is 2.19. The van der Waals surface area contributed by atoms with Crippen LogP contribution in [0.15, 0.2) is 48.5 Å². The summed E-state index contributed by atoms with van der Waals surface area (Å²) in [6.45, 7) is 7.06. The second-order valence-corrected chi connectivity index (χ2v) is 8.55. The molecule has 2 aromatic carbocycles. The average molecular weight is 443 g/mol. The zero-order valence-electron chi connectivity index (χ0n) is 19.0. The second-order valence-electron chi connectivity index (χ2n) is 7.57. The van der Waals surface area contributed by atoms with Crippen LogP contribution in [0.25, 0.3) is 0 Å². The Kier molecular flexibility index (Phi) is 10.4. The lowest BCUT2D eigenvalue weighted by Crippen LogP contribution is -2.49. The van der Waals surface area contributed by atoms with Gasteiger partial charge in [0.2, 0.25) is 11.8 Å². The lowest BCUT2D eigenvalue weighted by atomic mass is 10.1. The fourth-order valence-electron chi connectivity index (χ4n) is 3.35. The van der Waals surface area contributed by atoms with E-state index in [0.29, 0.717) is 25.3 Å². The summed E-state index contributed by atoms with van der Waals surface area (Å²) in [4.78, 5) is 27.7. The van der Waals surface area contributed by atoms with E-state index >= 15 is 0 Å². The smallest absolute Gasteiger partial charge is 0.242 e. The molecule has 6 heteroatoms. The highest BCUT2D eigenvalue weighted by atomic mass is 32.2. The molecule has 2 amide bonds. The number of methoxy groups -OCH3 is 1. The Balaban J connectivity index is 2.09. The number of nitrogens with one attached hydrogen (secondary N) is 1. The van der Waals surface area contributed by atoms with Gasteiger partial charge in [-0.25, -0.2) is 0 Å². The lowest BCUT2D eigenvalue weighted by molar-refractivity contribution is -0.139. The van der Waals surface area contributed by atoms with Crippen LogP contribution in [0, 0.1) is 6.92 Å². The normalized spacial score (nSPS) is 11.6. The van der Waals surface area contributed by atoms with Gasteiger partial charge in [0.05, 0.1) is 12.9 Å². The monoisotopic (exact) mass is 442 g/mol. The molecular weight excluding hydrogens is 408 g/mol. The number of ether oxygens (including phenoxy) is 1. The van der Waals surface area contributed by atoms with Gasteiger partial charge in [0, 0.05) is 18.8 Å². The Hall–Kier alpha value is -2.47. The molecule has 0 saturated carbocycles. The summed E-state index contributed by atoms with van der Waals surface area (Å²) in [5, 5.41) is 2.96. The fourth-order valence-corrected chi connectivity index (χ4v) is 4.22. The minimum Gasteiger partial charge on any atom is -0.497 e. The molecule has 1 N–H and O–H groups in total. The Morgan fingerprint density at radius 1 is 1.10 bits per heavy atom. The maximum absolute atomic E-state index is 13.2. The Labute approximate surface area is 190 Å². The third-order valence-corrected chi connectivity index (χ3v) is 6.01. The van der Waals surface area contributed by atoms with Crippen molar-refractivity contribution in [3.8, 4) is 5.75 Å². The van der Waals surface area contributed by atoms with E-state index in [2.05, 4.69) is 11.4 Å². The van der Waals surface area contributed by atoms with Gasteiger partial charge in [-0.05, 0) is 43.0 Å². The van der Waals surface area contributed by atoms with E-state index < -0.39 is 6.04 Å². The third kappa shape index (κ3) is 7.94. The minimum absolute atomic E-state index is 0.0153. The zero-order chi connectivity index (χ0) is 22.6. The number of hydrogen-bond acceptors (Lipinski definition) is 4. The van der Waals surface area contributed by atoms with Crippen LogP contribution in [0.4, 0.5) is 0 Å². The number of amides is 2. The zero-order valence-corrected chi connectivity index (χ0v) is 19.8. The molecular formula is C25H34N2O3S. The summed E-state index contributed by atoms with van der Waals surface area (Å²) in [7, 11) is 1.64. The van der Waals surface area contributed by atoms with Gasteiger partial charge in [-0.15, -0.1) is 11.8 Å². The quantitative estimate of drug-likeness (QED) is 0.523. The van der Waals surface area contributed by atoms with Crippen LogP contribution in [0.3, 0.4) is 0 Å². The molecule has 0 unspecified atom stereocenters. The fraction of sp³-hybridized carbons (Fsp3) is 0.440.